The lowest BCUT2D eigenvalue weighted by molar-refractivity contribution is -0.104. The fourth-order valence-corrected chi connectivity index (χ4v) is 2.08. The summed E-state index contributed by atoms with van der Waals surface area (Å²) < 4.78 is 23.4. The molecule has 0 aromatic carbocycles. The van der Waals surface area contributed by atoms with Gasteiger partial charge >= 0.3 is 0 Å². The maximum Gasteiger partial charge on any atom is 0.211 e. The van der Waals surface area contributed by atoms with Crippen LogP contribution in [0.25, 0.3) is 0 Å². The number of hydrogen-bond donors (Lipinski definition) is 3. The van der Waals surface area contributed by atoms with Gasteiger partial charge in [-0.3, -0.25) is 4.84 Å². The Balaban J connectivity index is 2.37. The maximum absolute atomic E-state index is 11.0. The highest BCUT2D eigenvalue weighted by Gasteiger charge is 2.29. The molecule has 0 radical (unpaired) electrons. The van der Waals surface area contributed by atoms with Crippen LogP contribution in [0.4, 0.5) is 0 Å². The summed E-state index contributed by atoms with van der Waals surface area (Å²) in [5, 5.41) is 8.13. The summed E-state index contributed by atoms with van der Waals surface area (Å²) in [5.41, 5.74) is 3.65. The Bertz CT molecular complexity index is 255. The van der Waals surface area contributed by atoms with E-state index in [0.717, 1.165) is 6.26 Å². The van der Waals surface area contributed by atoms with Crippen molar-refractivity contribution in [1.82, 2.24) is 15.5 Å². The third-order valence-corrected chi connectivity index (χ3v) is 3.12. The topological polar surface area (TPSA) is 90.9 Å². The average Bonchev–Trinajstić information content (AvgIpc) is 2.47. The Morgan fingerprint density at radius 1 is 1.62 bits per heavy atom. The number of nitrogens with one attached hydrogen (secondary N) is 2. The minimum absolute atomic E-state index is 0.227. The quantitative estimate of drug-likeness (QED) is 0.487. The van der Waals surface area contributed by atoms with Gasteiger partial charge in [-0.25, -0.2) is 8.42 Å². The Hall–Kier alpha value is -0.250. The molecule has 1 aliphatic rings. The van der Waals surface area contributed by atoms with Crippen molar-refractivity contribution in [3.63, 3.8) is 0 Å². The standard InChI is InChI=1S/C5H13N3O4S/c1-13(10,11)8-3-2-5(4-8)12-7-6-9/h5-7,9H,2-4H2,1H3/t5-/m1/s1. The van der Waals surface area contributed by atoms with Crippen molar-refractivity contribution < 1.29 is 18.5 Å². The van der Waals surface area contributed by atoms with E-state index in [1.807, 2.05) is 5.59 Å². The summed E-state index contributed by atoms with van der Waals surface area (Å²) in [5.74, 6) is 0. The molecule has 0 saturated carbocycles. The second-order valence-electron chi connectivity index (χ2n) is 2.86. The van der Waals surface area contributed by atoms with Gasteiger partial charge in [-0.2, -0.15) is 4.31 Å². The van der Waals surface area contributed by atoms with Crippen LogP contribution >= 0.6 is 0 Å². The smallest absolute Gasteiger partial charge is 0.211 e. The predicted octanol–water partition coefficient (Wildman–Crippen LogP) is -1.56. The summed E-state index contributed by atoms with van der Waals surface area (Å²) in [4.78, 5) is 4.86. The molecule has 1 saturated heterocycles. The van der Waals surface area contributed by atoms with E-state index in [-0.39, 0.29) is 6.10 Å². The van der Waals surface area contributed by atoms with Crippen molar-refractivity contribution in [2.45, 2.75) is 12.5 Å². The van der Waals surface area contributed by atoms with Gasteiger partial charge in [-0.05, 0) is 6.42 Å². The molecule has 78 valence electrons. The van der Waals surface area contributed by atoms with Gasteiger partial charge in [0.05, 0.1) is 12.4 Å². The van der Waals surface area contributed by atoms with Crippen LogP contribution in [0.5, 0.6) is 0 Å². The van der Waals surface area contributed by atoms with Crippen LogP contribution in [0, 0.1) is 0 Å². The molecule has 0 aliphatic carbocycles. The molecule has 1 aliphatic heterocycles. The molecule has 0 bridgehead atoms. The largest absolute Gasteiger partial charge is 0.300 e. The molecule has 3 N–H and O–H groups in total. The van der Waals surface area contributed by atoms with Crippen molar-refractivity contribution in [2.75, 3.05) is 19.3 Å². The Morgan fingerprint density at radius 3 is 2.77 bits per heavy atom. The van der Waals surface area contributed by atoms with Gasteiger partial charge in [0.25, 0.3) is 0 Å². The third-order valence-electron chi connectivity index (χ3n) is 1.85. The zero-order valence-corrected chi connectivity index (χ0v) is 8.04. The van der Waals surface area contributed by atoms with E-state index in [0.29, 0.717) is 19.5 Å². The number of nitrogens with zero attached hydrogens (tertiary/aromatic N) is 1. The van der Waals surface area contributed by atoms with E-state index >= 15 is 0 Å². The molecule has 8 heteroatoms. The van der Waals surface area contributed by atoms with Gasteiger partial charge in [-0.1, -0.05) is 0 Å². The predicted molar refractivity (Wildman–Crippen MR) is 44.0 cm³/mol. The SMILES string of the molecule is CS(=O)(=O)N1CC[C@@H](ONNO)C1. The summed E-state index contributed by atoms with van der Waals surface area (Å²) in [7, 11) is -3.12. The second kappa shape index (κ2) is 4.31. The molecule has 1 heterocycles. The van der Waals surface area contributed by atoms with Crippen molar-refractivity contribution in [1.29, 1.82) is 0 Å². The first-order chi connectivity index (χ1) is 6.04. The molecule has 1 rings (SSSR count). The number of hydrogen-bond acceptors (Lipinski definition) is 6. The van der Waals surface area contributed by atoms with Crippen LogP contribution in [-0.2, 0) is 14.9 Å². The van der Waals surface area contributed by atoms with Gasteiger partial charge in [-0.15, -0.1) is 11.2 Å². The lowest BCUT2D eigenvalue weighted by Gasteiger charge is -2.13. The molecule has 0 aromatic rings. The van der Waals surface area contributed by atoms with Crippen LogP contribution in [0.15, 0.2) is 0 Å². The van der Waals surface area contributed by atoms with Crippen molar-refractivity contribution in [3.8, 4) is 0 Å². The lowest BCUT2D eigenvalue weighted by Crippen LogP contribution is -2.35. The van der Waals surface area contributed by atoms with E-state index in [9.17, 15) is 8.42 Å². The van der Waals surface area contributed by atoms with Crippen LogP contribution < -0.4 is 11.2 Å². The number of sulfonamides is 1. The average molecular weight is 211 g/mol. The third kappa shape index (κ3) is 3.18. The summed E-state index contributed by atoms with van der Waals surface area (Å²) in [6.45, 7) is 0.768. The molecule has 0 aromatic heterocycles. The molecule has 13 heavy (non-hydrogen) atoms. The monoisotopic (exact) mass is 211 g/mol. The zero-order valence-electron chi connectivity index (χ0n) is 7.23. The van der Waals surface area contributed by atoms with E-state index in [4.69, 9.17) is 10.0 Å². The number of hydrazine groups is 1. The Morgan fingerprint density at radius 2 is 2.31 bits per heavy atom. The number of rotatable bonds is 4. The van der Waals surface area contributed by atoms with Crippen molar-refractivity contribution in [2.24, 2.45) is 0 Å². The first-order valence-electron chi connectivity index (χ1n) is 3.79. The van der Waals surface area contributed by atoms with E-state index in [2.05, 4.69) is 0 Å². The first kappa shape index (κ1) is 10.8. The summed E-state index contributed by atoms with van der Waals surface area (Å²) in [6.07, 6.45) is 1.55. The normalized spacial score (nSPS) is 25.2. The summed E-state index contributed by atoms with van der Waals surface area (Å²) >= 11 is 0. The Kier molecular flexibility index (Phi) is 3.59. The van der Waals surface area contributed by atoms with Gasteiger partial charge in [0.15, 0.2) is 0 Å². The molecule has 0 unspecified atom stereocenters. The van der Waals surface area contributed by atoms with Gasteiger partial charge in [0.1, 0.15) is 0 Å². The Labute approximate surface area is 76.6 Å². The maximum atomic E-state index is 11.0. The van der Waals surface area contributed by atoms with E-state index < -0.39 is 10.0 Å². The fourth-order valence-electron chi connectivity index (χ4n) is 1.20. The molecular formula is C5H13N3O4S. The second-order valence-corrected chi connectivity index (χ2v) is 4.85. The highest BCUT2D eigenvalue weighted by atomic mass is 32.2. The molecule has 0 spiro atoms. The zero-order chi connectivity index (χ0) is 9.90. The van der Waals surface area contributed by atoms with Crippen LogP contribution in [0.2, 0.25) is 0 Å². The van der Waals surface area contributed by atoms with Gasteiger partial charge in [0, 0.05) is 13.1 Å². The van der Waals surface area contributed by atoms with E-state index in [1.54, 1.807) is 5.59 Å². The minimum atomic E-state index is -3.12. The molecule has 1 fully saturated rings. The van der Waals surface area contributed by atoms with Gasteiger partial charge in [0.2, 0.25) is 10.0 Å². The van der Waals surface area contributed by atoms with Crippen LogP contribution in [0.1, 0.15) is 6.42 Å². The summed E-state index contributed by atoms with van der Waals surface area (Å²) in [6, 6.07) is 0. The van der Waals surface area contributed by atoms with Crippen LogP contribution in [0.3, 0.4) is 0 Å². The highest BCUT2D eigenvalue weighted by molar-refractivity contribution is 7.88. The lowest BCUT2D eigenvalue weighted by atomic mass is 10.3. The van der Waals surface area contributed by atoms with Crippen molar-refractivity contribution >= 4 is 10.0 Å². The van der Waals surface area contributed by atoms with E-state index in [1.165, 1.54) is 4.31 Å². The van der Waals surface area contributed by atoms with Gasteiger partial charge < -0.3 is 5.21 Å². The molecule has 1 atom stereocenters. The molecule has 7 nitrogen and oxygen atoms in total. The highest BCUT2D eigenvalue weighted by Crippen LogP contribution is 2.14. The van der Waals surface area contributed by atoms with Crippen LogP contribution in [-0.4, -0.2) is 43.4 Å². The first-order valence-corrected chi connectivity index (χ1v) is 5.63. The molecular weight excluding hydrogens is 198 g/mol. The minimum Gasteiger partial charge on any atom is -0.300 e. The molecule has 0 amide bonds. The van der Waals surface area contributed by atoms with Crippen molar-refractivity contribution in [3.05, 3.63) is 0 Å². The fraction of sp³-hybridized carbons (Fsp3) is 1.00.